The standard InChI is InChI=1S/C11H12ClNO3S2/c12-9-2-1-8(18-9)11(16)13-3-4-17-6-7(13)5-10(14)15/h1-2,7H,3-6H2,(H,14,15). The zero-order valence-electron chi connectivity index (χ0n) is 9.47. The summed E-state index contributed by atoms with van der Waals surface area (Å²) in [6.07, 6.45) is -0.00214. The second-order valence-electron chi connectivity index (χ2n) is 3.93. The zero-order chi connectivity index (χ0) is 13.1. The van der Waals surface area contributed by atoms with E-state index in [1.807, 2.05) is 0 Å². The number of hydrogen-bond acceptors (Lipinski definition) is 4. The minimum Gasteiger partial charge on any atom is -0.481 e. The minimum atomic E-state index is -0.871. The molecule has 1 saturated heterocycles. The van der Waals surface area contributed by atoms with Crippen LogP contribution in [0.3, 0.4) is 0 Å². The molecule has 1 fully saturated rings. The lowest BCUT2D eigenvalue weighted by Gasteiger charge is -2.34. The van der Waals surface area contributed by atoms with Crippen LogP contribution in [0.25, 0.3) is 0 Å². The summed E-state index contributed by atoms with van der Waals surface area (Å²) >= 11 is 8.73. The van der Waals surface area contributed by atoms with E-state index in [4.69, 9.17) is 16.7 Å². The summed E-state index contributed by atoms with van der Waals surface area (Å²) in [5.41, 5.74) is 0. The summed E-state index contributed by atoms with van der Waals surface area (Å²) in [7, 11) is 0. The minimum absolute atomic E-state index is 0.00214. The third-order valence-electron chi connectivity index (χ3n) is 2.68. The number of thioether (sulfide) groups is 1. The third-order valence-corrected chi connectivity index (χ3v) is 4.99. The van der Waals surface area contributed by atoms with Crippen LogP contribution in [0.15, 0.2) is 12.1 Å². The molecule has 1 aliphatic rings. The van der Waals surface area contributed by atoms with E-state index in [9.17, 15) is 9.59 Å². The van der Waals surface area contributed by atoms with E-state index in [0.29, 0.717) is 21.5 Å². The molecule has 0 radical (unpaired) electrons. The number of halogens is 1. The van der Waals surface area contributed by atoms with Crippen LogP contribution in [0.2, 0.25) is 4.34 Å². The van der Waals surface area contributed by atoms with Gasteiger partial charge in [-0.05, 0) is 12.1 Å². The van der Waals surface area contributed by atoms with E-state index in [1.54, 1.807) is 28.8 Å². The van der Waals surface area contributed by atoms with Crippen LogP contribution in [0, 0.1) is 0 Å². The van der Waals surface area contributed by atoms with Gasteiger partial charge in [-0.25, -0.2) is 0 Å². The Hall–Kier alpha value is -0.720. The van der Waals surface area contributed by atoms with Gasteiger partial charge in [-0.1, -0.05) is 11.6 Å². The zero-order valence-corrected chi connectivity index (χ0v) is 11.9. The lowest BCUT2D eigenvalue weighted by molar-refractivity contribution is -0.138. The van der Waals surface area contributed by atoms with Crippen molar-refractivity contribution < 1.29 is 14.7 Å². The van der Waals surface area contributed by atoms with Gasteiger partial charge in [0.05, 0.1) is 21.7 Å². The van der Waals surface area contributed by atoms with Crippen LogP contribution in [0.4, 0.5) is 0 Å². The molecular weight excluding hydrogens is 294 g/mol. The maximum atomic E-state index is 12.3. The lowest BCUT2D eigenvalue weighted by atomic mass is 10.2. The number of carboxylic acid groups (broad SMARTS) is 1. The predicted octanol–water partition coefficient (Wildman–Crippen LogP) is 2.43. The van der Waals surface area contributed by atoms with E-state index in [0.717, 1.165) is 5.75 Å². The molecule has 0 saturated carbocycles. The molecule has 0 aliphatic carbocycles. The van der Waals surface area contributed by atoms with Crippen molar-refractivity contribution in [1.29, 1.82) is 0 Å². The van der Waals surface area contributed by atoms with Crippen molar-refractivity contribution >= 4 is 46.6 Å². The first-order chi connectivity index (χ1) is 8.58. The van der Waals surface area contributed by atoms with Crippen LogP contribution in [-0.2, 0) is 4.79 Å². The molecule has 7 heteroatoms. The fourth-order valence-corrected chi connectivity index (χ4v) is 3.93. The van der Waals surface area contributed by atoms with Gasteiger partial charge in [0.2, 0.25) is 0 Å². The highest BCUT2D eigenvalue weighted by Crippen LogP contribution is 2.26. The van der Waals surface area contributed by atoms with Crippen molar-refractivity contribution in [3.63, 3.8) is 0 Å². The Morgan fingerprint density at radius 3 is 2.89 bits per heavy atom. The smallest absolute Gasteiger partial charge is 0.305 e. The van der Waals surface area contributed by atoms with Gasteiger partial charge in [0.25, 0.3) is 5.91 Å². The summed E-state index contributed by atoms with van der Waals surface area (Å²) in [4.78, 5) is 25.3. The Morgan fingerprint density at radius 2 is 2.28 bits per heavy atom. The Morgan fingerprint density at radius 1 is 1.50 bits per heavy atom. The van der Waals surface area contributed by atoms with Gasteiger partial charge in [0, 0.05) is 18.1 Å². The number of rotatable bonds is 3. The fraction of sp³-hybridized carbons (Fsp3) is 0.455. The average molecular weight is 306 g/mol. The van der Waals surface area contributed by atoms with Gasteiger partial charge in [-0.15, -0.1) is 11.3 Å². The number of carboxylic acids is 1. The molecule has 1 aromatic heterocycles. The molecule has 1 aliphatic heterocycles. The third kappa shape index (κ3) is 3.18. The Kier molecular flexibility index (Phi) is 4.53. The predicted molar refractivity (Wildman–Crippen MR) is 73.7 cm³/mol. The molecule has 18 heavy (non-hydrogen) atoms. The van der Waals surface area contributed by atoms with E-state index < -0.39 is 5.97 Å². The molecule has 1 atom stereocenters. The largest absolute Gasteiger partial charge is 0.481 e. The number of hydrogen-bond donors (Lipinski definition) is 1. The van der Waals surface area contributed by atoms with E-state index >= 15 is 0 Å². The molecule has 1 amide bonds. The highest BCUT2D eigenvalue weighted by molar-refractivity contribution is 7.99. The fourth-order valence-electron chi connectivity index (χ4n) is 1.86. The number of amides is 1. The first-order valence-electron chi connectivity index (χ1n) is 5.44. The van der Waals surface area contributed by atoms with Crippen LogP contribution >= 0.6 is 34.7 Å². The molecule has 1 unspecified atom stereocenters. The normalized spacial score (nSPS) is 19.8. The summed E-state index contributed by atoms with van der Waals surface area (Å²) in [6.45, 7) is 0.594. The van der Waals surface area contributed by atoms with Gasteiger partial charge < -0.3 is 10.0 Å². The monoisotopic (exact) mass is 305 g/mol. The van der Waals surface area contributed by atoms with Crippen LogP contribution in [0.5, 0.6) is 0 Å². The van der Waals surface area contributed by atoms with Gasteiger partial charge in [0.15, 0.2) is 0 Å². The van der Waals surface area contributed by atoms with Crippen molar-refractivity contribution in [3.8, 4) is 0 Å². The molecule has 1 aromatic rings. The first kappa shape index (κ1) is 13.7. The average Bonchev–Trinajstić information content (AvgIpc) is 2.75. The number of aliphatic carboxylic acids is 1. The number of thiophene rings is 1. The molecule has 0 bridgehead atoms. The molecule has 2 heterocycles. The molecule has 0 spiro atoms. The molecule has 0 aromatic carbocycles. The second kappa shape index (κ2) is 5.95. The topological polar surface area (TPSA) is 57.6 Å². The summed E-state index contributed by atoms with van der Waals surface area (Å²) < 4.78 is 0.569. The van der Waals surface area contributed by atoms with Crippen molar-refractivity contribution in [3.05, 3.63) is 21.3 Å². The highest BCUT2D eigenvalue weighted by atomic mass is 35.5. The number of carbonyl (C=O) groups is 2. The Balaban J connectivity index is 2.13. The molecule has 2 rings (SSSR count). The second-order valence-corrected chi connectivity index (χ2v) is 6.79. The van der Waals surface area contributed by atoms with Gasteiger partial charge in [-0.3, -0.25) is 9.59 Å². The van der Waals surface area contributed by atoms with Crippen LogP contribution < -0.4 is 0 Å². The molecule has 98 valence electrons. The van der Waals surface area contributed by atoms with Crippen LogP contribution in [0.1, 0.15) is 16.1 Å². The maximum Gasteiger partial charge on any atom is 0.305 e. The van der Waals surface area contributed by atoms with Crippen molar-refractivity contribution in [2.24, 2.45) is 0 Å². The number of carbonyl (C=O) groups excluding carboxylic acids is 1. The summed E-state index contributed by atoms with van der Waals surface area (Å²) in [6, 6.07) is 3.15. The van der Waals surface area contributed by atoms with E-state index in [-0.39, 0.29) is 18.4 Å². The van der Waals surface area contributed by atoms with Crippen molar-refractivity contribution in [2.75, 3.05) is 18.1 Å². The van der Waals surface area contributed by atoms with Crippen molar-refractivity contribution in [2.45, 2.75) is 12.5 Å². The molecule has 4 nitrogen and oxygen atoms in total. The molecule has 1 N–H and O–H groups in total. The van der Waals surface area contributed by atoms with Gasteiger partial charge in [0.1, 0.15) is 0 Å². The van der Waals surface area contributed by atoms with Gasteiger partial charge in [-0.2, -0.15) is 11.8 Å². The molecular formula is C11H12ClNO3S2. The lowest BCUT2D eigenvalue weighted by Crippen LogP contribution is -2.46. The van der Waals surface area contributed by atoms with E-state index in [2.05, 4.69) is 0 Å². The summed E-state index contributed by atoms with van der Waals surface area (Å²) in [5, 5.41) is 8.87. The Bertz CT molecular complexity index is 463. The van der Waals surface area contributed by atoms with Crippen LogP contribution in [-0.4, -0.2) is 46.0 Å². The van der Waals surface area contributed by atoms with Crippen molar-refractivity contribution in [1.82, 2.24) is 4.90 Å². The highest BCUT2D eigenvalue weighted by Gasteiger charge is 2.30. The maximum absolute atomic E-state index is 12.3. The van der Waals surface area contributed by atoms with E-state index in [1.165, 1.54) is 11.3 Å². The number of nitrogens with zero attached hydrogens (tertiary/aromatic N) is 1. The van der Waals surface area contributed by atoms with Gasteiger partial charge >= 0.3 is 5.97 Å². The SMILES string of the molecule is O=C(O)CC1CSCCN1C(=O)c1ccc(Cl)s1. The quantitative estimate of drug-likeness (QED) is 0.932. The summed E-state index contributed by atoms with van der Waals surface area (Å²) in [5.74, 6) is 0.543. The Labute approximate surface area is 118 Å². The first-order valence-corrected chi connectivity index (χ1v) is 7.78.